The normalized spacial score (nSPS) is 10.3. The summed E-state index contributed by atoms with van der Waals surface area (Å²) in [6.07, 6.45) is 1.62. The molecule has 0 atom stereocenters. The lowest BCUT2D eigenvalue weighted by Crippen LogP contribution is -2.26. The molecular formula is C21H25N3O2. The lowest BCUT2D eigenvalue weighted by Gasteiger charge is -2.15. The summed E-state index contributed by atoms with van der Waals surface area (Å²) in [5.74, 6) is -0.0632. The molecule has 0 unspecified atom stereocenters. The monoisotopic (exact) mass is 351 g/mol. The molecule has 0 radical (unpaired) electrons. The van der Waals surface area contributed by atoms with E-state index in [0.717, 1.165) is 11.3 Å². The van der Waals surface area contributed by atoms with Crippen molar-refractivity contribution in [2.24, 2.45) is 0 Å². The maximum atomic E-state index is 12.3. The van der Waals surface area contributed by atoms with Crippen molar-refractivity contribution in [3.8, 4) is 0 Å². The molecule has 0 saturated carbocycles. The average molecular weight is 351 g/mol. The molecule has 5 heteroatoms. The van der Waals surface area contributed by atoms with Crippen LogP contribution in [0.4, 0.5) is 11.4 Å². The van der Waals surface area contributed by atoms with Crippen LogP contribution in [0.3, 0.4) is 0 Å². The van der Waals surface area contributed by atoms with E-state index in [0.29, 0.717) is 23.7 Å². The molecule has 2 aromatic carbocycles. The average Bonchev–Trinajstić information content (AvgIpc) is 2.65. The molecule has 0 aliphatic carbocycles. The number of rotatable bonds is 8. The molecule has 2 rings (SSSR count). The maximum absolute atomic E-state index is 12.3. The molecule has 26 heavy (non-hydrogen) atoms. The van der Waals surface area contributed by atoms with Gasteiger partial charge in [0.15, 0.2) is 0 Å². The van der Waals surface area contributed by atoms with Gasteiger partial charge in [-0.05, 0) is 29.7 Å². The van der Waals surface area contributed by atoms with E-state index in [1.54, 1.807) is 24.3 Å². The third kappa shape index (κ3) is 5.21. The second-order valence-corrected chi connectivity index (χ2v) is 6.19. The van der Waals surface area contributed by atoms with Gasteiger partial charge < -0.3 is 16.0 Å². The Hall–Kier alpha value is -3.08. The first-order valence-electron chi connectivity index (χ1n) is 8.63. The number of amides is 2. The highest BCUT2D eigenvalue weighted by Gasteiger charge is 2.12. The van der Waals surface area contributed by atoms with E-state index in [4.69, 9.17) is 0 Å². The van der Waals surface area contributed by atoms with E-state index in [1.807, 2.05) is 30.3 Å². The fraction of sp³-hybridized carbons (Fsp3) is 0.238. The third-order valence-corrected chi connectivity index (χ3v) is 3.87. The van der Waals surface area contributed by atoms with Crippen LogP contribution in [0.2, 0.25) is 0 Å². The first-order chi connectivity index (χ1) is 12.5. The van der Waals surface area contributed by atoms with Crippen LogP contribution in [0.25, 0.3) is 0 Å². The second-order valence-electron chi connectivity index (χ2n) is 6.19. The van der Waals surface area contributed by atoms with Crippen molar-refractivity contribution in [3.63, 3.8) is 0 Å². The van der Waals surface area contributed by atoms with Gasteiger partial charge in [-0.25, -0.2) is 0 Å². The van der Waals surface area contributed by atoms with Crippen LogP contribution in [0, 0.1) is 0 Å². The van der Waals surface area contributed by atoms with Crippen molar-refractivity contribution in [3.05, 3.63) is 72.3 Å². The Bertz CT molecular complexity index is 784. The van der Waals surface area contributed by atoms with Gasteiger partial charge >= 0.3 is 0 Å². The summed E-state index contributed by atoms with van der Waals surface area (Å²) >= 11 is 0. The highest BCUT2D eigenvalue weighted by atomic mass is 16.2. The number of anilines is 2. The quantitative estimate of drug-likeness (QED) is 0.634. The minimum atomic E-state index is -0.210. The van der Waals surface area contributed by atoms with Gasteiger partial charge in [0.1, 0.15) is 0 Å². The zero-order valence-corrected chi connectivity index (χ0v) is 15.2. The largest absolute Gasteiger partial charge is 0.376 e. The Morgan fingerprint density at radius 1 is 1.04 bits per heavy atom. The predicted molar refractivity (Wildman–Crippen MR) is 107 cm³/mol. The highest BCUT2D eigenvalue weighted by Crippen LogP contribution is 2.23. The topological polar surface area (TPSA) is 70.2 Å². The Labute approximate surface area is 154 Å². The van der Waals surface area contributed by atoms with Crippen LogP contribution in [0.5, 0.6) is 0 Å². The zero-order valence-electron chi connectivity index (χ0n) is 15.2. The summed E-state index contributed by atoms with van der Waals surface area (Å²) in [6, 6.07) is 14.9. The number of para-hydroxylation sites is 2. The molecular weight excluding hydrogens is 326 g/mol. The molecule has 0 aromatic heterocycles. The number of carbonyl (C=O) groups is 2. The minimum Gasteiger partial charge on any atom is -0.376 e. The molecule has 0 bridgehead atoms. The van der Waals surface area contributed by atoms with E-state index in [2.05, 4.69) is 36.4 Å². The molecule has 136 valence electrons. The summed E-state index contributed by atoms with van der Waals surface area (Å²) < 4.78 is 0. The Morgan fingerprint density at radius 3 is 2.38 bits per heavy atom. The SMILES string of the molecule is C=CCNC(=O)c1ccccc1NCC(=O)Nc1ccccc1C(C)C. The van der Waals surface area contributed by atoms with E-state index in [1.165, 1.54) is 0 Å². The number of benzene rings is 2. The first-order valence-corrected chi connectivity index (χ1v) is 8.63. The Balaban J connectivity index is 2.02. The molecule has 5 nitrogen and oxygen atoms in total. The zero-order chi connectivity index (χ0) is 18.9. The fourth-order valence-electron chi connectivity index (χ4n) is 2.58. The standard InChI is InChI=1S/C21H25N3O2/c1-4-13-22-21(26)17-10-6-7-11-18(17)23-14-20(25)24-19-12-8-5-9-16(19)15(2)3/h4-12,15,23H,1,13-14H2,2-3H3,(H,22,26)(H,24,25). The van der Waals surface area contributed by atoms with E-state index >= 15 is 0 Å². The number of hydrogen-bond acceptors (Lipinski definition) is 3. The summed E-state index contributed by atoms with van der Waals surface area (Å²) in [4.78, 5) is 24.5. The van der Waals surface area contributed by atoms with Crippen molar-refractivity contribution in [2.45, 2.75) is 19.8 Å². The van der Waals surface area contributed by atoms with Gasteiger partial charge in [0.2, 0.25) is 5.91 Å². The van der Waals surface area contributed by atoms with Crippen LogP contribution in [-0.4, -0.2) is 24.9 Å². The summed E-state index contributed by atoms with van der Waals surface area (Å²) in [5.41, 5.74) is 3.00. The van der Waals surface area contributed by atoms with Gasteiger partial charge in [-0.3, -0.25) is 9.59 Å². The van der Waals surface area contributed by atoms with Crippen LogP contribution < -0.4 is 16.0 Å². The molecule has 0 aliphatic heterocycles. The number of hydrogen-bond donors (Lipinski definition) is 3. The summed E-state index contributed by atoms with van der Waals surface area (Å²) in [7, 11) is 0. The van der Waals surface area contributed by atoms with Crippen LogP contribution in [-0.2, 0) is 4.79 Å². The highest BCUT2D eigenvalue weighted by molar-refractivity contribution is 6.01. The van der Waals surface area contributed by atoms with E-state index in [-0.39, 0.29) is 18.4 Å². The fourth-order valence-corrected chi connectivity index (χ4v) is 2.58. The third-order valence-electron chi connectivity index (χ3n) is 3.87. The van der Waals surface area contributed by atoms with Crippen molar-refractivity contribution >= 4 is 23.2 Å². The smallest absolute Gasteiger partial charge is 0.253 e. The van der Waals surface area contributed by atoms with Gasteiger partial charge in [-0.2, -0.15) is 0 Å². The molecule has 2 amide bonds. The van der Waals surface area contributed by atoms with Crippen molar-refractivity contribution in [1.29, 1.82) is 0 Å². The Kier molecular flexibility index (Phi) is 6.97. The van der Waals surface area contributed by atoms with Gasteiger partial charge in [0.05, 0.1) is 12.1 Å². The summed E-state index contributed by atoms with van der Waals surface area (Å²) in [5, 5.41) is 8.71. The molecule has 3 N–H and O–H groups in total. The molecule has 0 saturated heterocycles. The molecule has 0 heterocycles. The molecule has 2 aromatic rings. The predicted octanol–water partition coefficient (Wildman–Crippen LogP) is 3.78. The van der Waals surface area contributed by atoms with Crippen molar-refractivity contribution in [2.75, 3.05) is 23.7 Å². The first kappa shape index (κ1) is 19.2. The number of nitrogens with one attached hydrogen (secondary N) is 3. The van der Waals surface area contributed by atoms with Crippen molar-refractivity contribution in [1.82, 2.24) is 5.32 Å². The lowest BCUT2D eigenvalue weighted by atomic mass is 10.0. The van der Waals surface area contributed by atoms with Gasteiger partial charge in [-0.1, -0.05) is 50.3 Å². The van der Waals surface area contributed by atoms with E-state index in [9.17, 15) is 9.59 Å². The lowest BCUT2D eigenvalue weighted by molar-refractivity contribution is -0.114. The maximum Gasteiger partial charge on any atom is 0.253 e. The van der Waals surface area contributed by atoms with Crippen molar-refractivity contribution < 1.29 is 9.59 Å². The Morgan fingerprint density at radius 2 is 1.69 bits per heavy atom. The van der Waals surface area contributed by atoms with Crippen LogP contribution >= 0.6 is 0 Å². The second kappa shape index (κ2) is 9.42. The molecule has 0 fully saturated rings. The van der Waals surface area contributed by atoms with Gasteiger partial charge in [-0.15, -0.1) is 6.58 Å². The number of carbonyl (C=O) groups excluding carboxylic acids is 2. The van der Waals surface area contributed by atoms with E-state index < -0.39 is 0 Å². The summed E-state index contributed by atoms with van der Waals surface area (Å²) in [6.45, 7) is 8.21. The van der Waals surface area contributed by atoms with Crippen LogP contribution in [0.1, 0.15) is 35.7 Å². The van der Waals surface area contributed by atoms with Gasteiger partial charge in [0.25, 0.3) is 5.91 Å². The molecule has 0 spiro atoms. The van der Waals surface area contributed by atoms with Gasteiger partial charge in [0, 0.05) is 17.9 Å². The molecule has 0 aliphatic rings. The van der Waals surface area contributed by atoms with Crippen LogP contribution in [0.15, 0.2) is 61.2 Å². The minimum absolute atomic E-state index is 0.0676.